The van der Waals surface area contributed by atoms with Gasteiger partial charge in [-0.2, -0.15) is 5.10 Å². The Morgan fingerprint density at radius 2 is 1.76 bits per heavy atom. The van der Waals surface area contributed by atoms with Crippen LogP contribution in [0.5, 0.6) is 0 Å². The van der Waals surface area contributed by atoms with Crippen LogP contribution in [0.1, 0.15) is 52.4 Å². The molecule has 6 nitrogen and oxygen atoms in total. The molecule has 29 heavy (non-hydrogen) atoms. The zero-order chi connectivity index (χ0) is 20.5. The minimum absolute atomic E-state index is 0.148. The SMILES string of the molecule is C[C@@H]1C[C@@H](C)CN(c2cnn(C34C[C@@H]5CC(C[C@H](C5)C3)[C@H]4C(=O)O)c(=O)c2Cl)C1. The van der Waals surface area contributed by atoms with Crippen LogP contribution in [0.25, 0.3) is 0 Å². The molecule has 4 saturated carbocycles. The van der Waals surface area contributed by atoms with E-state index in [0.29, 0.717) is 29.4 Å². The van der Waals surface area contributed by atoms with Gasteiger partial charge in [0.25, 0.3) is 5.56 Å². The maximum absolute atomic E-state index is 13.4. The summed E-state index contributed by atoms with van der Waals surface area (Å²) in [6.45, 7) is 6.17. The molecule has 0 amide bonds. The van der Waals surface area contributed by atoms with Crippen LogP contribution in [0.3, 0.4) is 0 Å². The molecule has 0 aromatic carbocycles. The molecular weight excluding hydrogens is 390 g/mol. The molecule has 0 unspecified atom stereocenters. The fourth-order valence-electron chi connectivity index (χ4n) is 7.56. The van der Waals surface area contributed by atoms with Gasteiger partial charge in [-0.3, -0.25) is 9.59 Å². The molecule has 5 aliphatic rings. The van der Waals surface area contributed by atoms with Crippen LogP contribution in [0.2, 0.25) is 5.02 Å². The van der Waals surface area contributed by atoms with E-state index in [4.69, 9.17) is 11.6 Å². The van der Waals surface area contributed by atoms with Crippen molar-refractivity contribution in [2.24, 2.45) is 35.5 Å². The highest BCUT2D eigenvalue weighted by molar-refractivity contribution is 6.33. The number of anilines is 1. The van der Waals surface area contributed by atoms with Crippen LogP contribution < -0.4 is 10.5 Å². The molecule has 1 aromatic heterocycles. The third kappa shape index (κ3) is 2.93. The molecule has 4 aliphatic carbocycles. The highest BCUT2D eigenvalue weighted by atomic mass is 35.5. The lowest BCUT2D eigenvalue weighted by Gasteiger charge is -2.59. The number of carboxylic acid groups (broad SMARTS) is 1. The van der Waals surface area contributed by atoms with E-state index < -0.39 is 17.4 Å². The molecule has 5 fully saturated rings. The first-order chi connectivity index (χ1) is 13.8. The average Bonchev–Trinajstić information content (AvgIpc) is 2.61. The van der Waals surface area contributed by atoms with Crippen molar-refractivity contribution in [1.82, 2.24) is 9.78 Å². The molecule has 4 bridgehead atoms. The molecule has 7 heteroatoms. The number of carbonyl (C=O) groups is 1. The zero-order valence-corrected chi connectivity index (χ0v) is 17.9. The summed E-state index contributed by atoms with van der Waals surface area (Å²) in [6.07, 6.45) is 7.46. The predicted octanol–water partition coefficient (Wildman–Crippen LogP) is 3.62. The second kappa shape index (κ2) is 6.73. The van der Waals surface area contributed by atoms with Crippen LogP contribution in [-0.4, -0.2) is 33.9 Å². The van der Waals surface area contributed by atoms with E-state index in [2.05, 4.69) is 23.8 Å². The molecule has 0 spiro atoms. The Labute approximate surface area is 176 Å². The summed E-state index contributed by atoms with van der Waals surface area (Å²) in [7, 11) is 0. The fourth-order valence-corrected chi connectivity index (χ4v) is 7.80. The number of hydrogen-bond acceptors (Lipinski definition) is 4. The Morgan fingerprint density at radius 3 is 2.34 bits per heavy atom. The second-order valence-corrected chi connectivity index (χ2v) is 10.8. The second-order valence-electron chi connectivity index (χ2n) is 10.4. The Bertz CT molecular complexity index is 876. The van der Waals surface area contributed by atoms with Crippen LogP contribution in [-0.2, 0) is 10.3 Å². The highest BCUT2D eigenvalue weighted by Crippen LogP contribution is 2.61. The Kier molecular flexibility index (Phi) is 4.50. The quantitative estimate of drug-likeness (QED) is 0.809. The van der Waals surface area contributed by atoms with E-state index in [9.17, 15) is 14.7 Å². The van der Waals surface area contributed by atoms with Crippen molar-refractivity contribution in [3.05, 3.63) is 21.6 Å². The number of aromatic nitrogens is 2. The van der Waals surface area contributed by atoms with Gasteiger partial charge in [-0.1, -0.05) is 25.4 Å². The van der Waals surface area contributed by atoms with Crippen molar-refractivity contribution in [2.45, 2.75) is 57.9 Å². The lowest BCUT2D eigenvalue weighted by Crippen LogP contribution is -2.63. The Morgan fingerprint density at radius 1 is 1.14 bits per heavy atom. The predicted molar refractivity (Wildman–Crippen MR) is 111 cm³/mol. The lowest BCUT2D eigenvalue weighted by atomic mass is 9.48. The molecule has 1 N–H and O–H groups in total. The summed E-state index contributed by atoms with van der Waals surface area (Å²) in [5.74, 6) is 0.889. The van der Waals surface area contributed by atoms with Gasteiger partial charge in [-0.15, -0.1) is 0 Å². The molecule has 6 rings (SSSR count). The molecule has 0 radical (unpaired) electrons. The van der Waals surface area contributed by atoms with Gasteiger partial charge < -0.3 is 10.0 Å². The van der Waals surface area contributed by atoms with Gasteiger partial charge in [0.1, 0.15) is 5.02 Å². The number of halogens is 1. The van der Waals surface area contributed by atoms with E-state index in [1.165, 1.54) is 11.1 Å². The number of piperidine rings is 1. The van der Waals surface area contributed by atoms with E-state index in [-0.39, 0.29) is 16.5 Å². The third-order valence-electron chi connectivity index (χ3n) is 8.07. The first-order valence-corrected chi connectivity index (χ1v) is 11.4. The van der Waals surface area contributed by atoms with Crippen molar-refractivity contribution >= 4 is 23.3 Å². The summed E-state index contributed by atoms with van der Waals surface area (Å²) >= 11 is 6.63. The molecule has 1 aromatic rings. The summed E-state index contributed by atoms with van der Waals surface area (Å²) < 4.78 is 1.49. The van der Waals surface area contributed by atoms with Gasteiger partial charge in [0, 0.05) is 13.1 Å². The van der Waals surface area contributed by atoms with Crippen LogP contribution in [0.4, 0.5) is 5.69 Å². The van der Waals surface area contributed by atoms with Crippen LogP contribution in [0, 0.1) is 35.5 Å². The summed E-state index contributed by atoms with van der Waals surface area (Å²) in [6, 6.07) is 0. The van der Waals surface area contributed by atoms with Crippen molar-refractivity contribution in [3.8, 4) is 0 Å². The average molecular weight is 420 g/mol. The van der Waals surface area contributed by atoms with Gasteiger partial charge in [-0.25, -0.2) is 4.68 Å². The smallest absolute Gasteiger partial charge is 0.309 e. The lowest BCUT2D eigenvalue weighted by molar-refractivity contribution is -0.168. The van der Waals surface area contributed by atoms with Gasteiger partial charge in [0.2, 0.25) is 0 Å². The Balaban J connectivity index is 1.57. The number of aliphatic carboxylic acids is 1. The summed E-state index contributed by atoms with van der Waals surface area (Å²) in [5.41, 5.74) is -0.339. The number of nitrogens with zero attached hydrogens (tertiary/aromatic N) is 3. The van der Waals surface area contributed by atoms with E-state index in [1.807, 2.05) is 0 Å². The maximum Gasteiger partial charge on any atom is 0.309 e. The minimum Gasteiger partial charge on any atom is -0.481 e. The molecule has 5 atom stereocenters. The first kappa shape index (κ1) is 19.4. The number of rotatable bonds is 3. The monoisotopic (exact) mass is 419 g/mol. The largest absolute Gasteiger partial charge is 0.481 e. The molecule has 1 saturated heterocycles. The summed E-state index contributed by atoms with van der Waals surface area (Å²) in [4.78, 5) is 27.9. The molecule has 1 aliphatic heterocycles. The normalized spacial score (nSPS) is 41.0. The van der Waals surface area contributed by atoms with Crippen LogP contribution >= 0.6 is 11.6 Å². The van der Waals surface area contributed by atoms with E-state index in [1.54, 1.807) is 6.20 Å². The van der Waals surface area contributed by atoms with Gasteiger partial charge in [-0.05, 0) is 68.1 Å². The van der Waals surface area contributed by atoms with Crippen molar-refractivity contribution in [2.75, 3.05) is 18.0 Å². The fraction of sp³-hybridized carbons (Fsp3) is 0.773. The van der Waals surface area contributed by atoms with E-state index >= 15 is 0 Å². The highest BCUT2D eigenvalue weighted by Gasteiger charge is 2.61. The Hall–Kier alpha value is -1.56. The first-order valence-electron chi connectivity index (χ1n) is 11.0. The van der Waals surface area contributed by atoms with Crippen molar-refractivity contribution in [3.63, 3.8) is 0 Å². The maximum atomic E-state index is 13.4. The van der Waals surface area contributed by atoms with Gasteiger partial charge >= 0.3 is 5.97 Å². The van der Waals surface area contributed by atoms with Gasteiger partial charge in [0.05, 0.1) is 23.3 Å². The van der Waals surface area contributed by atoms with Crippen molar-refractivity contribution in [1.29, 1.82) is 0 Å². The third-order valence-corrected chi connectivity index (χ3v) is 8.43. The topological polar surface area (TPSA) is 75.4 Å². The standard InChI is InChI=1S/C22H30ClN3O3/c1-12-3-13(2)11-25(10-12)17-9-24-26(20(27)19(17)23)22-7-14-4-15(8-22)6-16(5-14)18(22)21(28)29/h9,12-16,18H,3-8,10-11H2,1-2H3,(H,28,29)/t12-,13-,14+,15+,16?,18+,22?/m1/s1. The van der Waals surface area contributed by atoms with Crippen LogP contribution in [0.15, 0.2) is 11.0 Å². The molecule has 158 valence electrons. The number of carboxylic acids is 1. The van der Waals surface area contributed by atoms with Crippen molar-refractivity contribution < 1.29 is 9.90 Å². The minimum atomic E-state index is -0.790. The zero-order valence-electron chi connectivity index (χ0n) is 17.2. The molecule has 2 heterocycles. The number of hydrogen-bond donors (Lipinski definition) is 1. The summed E-state index contributed by atoms with van der Waals surface area (Å²) in [5, 5.41) is 14.9. The van der Waals surface area contributed by atoms with Gasteiger partial charge in [0.15, 0.2) is 0 Å². The van der Waals surface area contributed by atoms with E-state index in [0.717, 1.165) is 45.2 Å². The molecular formula is C22H30ClN3O3.